The second-order valence-electron chi connectivity index (χ2n) is 4.15. The summed E-state index contributed by atoms with van der Waals surface area (Å²) in [6, 6.07) is 6.86. The topological polar surface area (TPSA) is 12.9 Å². The predicted molar refractivity (Wildman–Crippen MR) is 72.7 cm³/mol. The van der Waals surface area contributed by atoms with Gasteiger partial charge in [0.2, 0.25) is 0 Å². The number of aryl methyl sites for hydroxylation is 1. The Morgan fingerprint density at radius 3 is 2.78 bits per heavy atom. The number of nitrogens with zero attached hydrogens (tertiary/aromatic N) is 1. The molecule has 1 atom stereocenters. The molecule has 0 radical (unpaired) electrons. The van der Waals surface area contributed by atoms with Gasteiger partial charge in [-0.05, 0) is 42.2 Å². The molecule has 0 saturated carbocycles. The van der Waals surface area contributed by atoms with Gasteiger partial charge in [0.05, 0.1) is 10.4 Å². The molecule has 0 aliphatic heterocycles. The largest absolute Gasteiger partial charge is 0.263 e. The zero-order valence-corrected chi connectivity index (χ0v) is 11.3. The molecule has 1 heterocycles. The van der Waals surface area contributed by atoms with Crippen LogP contribution in [0.15, 0.2) is 36.7 Å². The molecule has 18 heavy (non-hydrogen) atoms. The number of pyridine rings is 1. The Labute approximate surface area is 116 Å². The van der Waals surface area contributed by atoms with E-state index < -0.39 is 0 Å². The molecule has 0 fully saturated rings. The van der Waals surface area contributed by atoms with E-state index in [2.05, 4.69) is 4.98 Å². The Kier molecular flexibility index (Phi) is 4.20. The van der Waals surface area contributed by atoms with Gasteiger partial charge in [-0.15, -0.1) is 11.6 Å². The highest BCUT2D eigenvalue weighted by Gasteiger charge is 2.12. The monoisotopic (exact) mass is 283 g/mol. The highest BCUT2D eigenvalue weighted by molar-refractivity contribution is 6.31. The first-order valence-corrected chi connectivity index (χ1v) is 6.38. The molecule has 0 amide bonds. The van der Waals surface area contributed by atoms with E-state index in [1.165, 1.54) is 6.07 Å². The number of aromatic nitrogens is 1. The minimum absolute atomic E-state index is 0.237. The molecule has 1 aromatic carbocycles. The van der Waals surface area contributed by atoms with Gasteiger partial charge in [-0.2, -0.15) is 0 Å². The van der Waals surface area contributed by atoms with Crippen molar-refractivity contribution < 1.29 is 4.39 Å². The molecule has 2 rings (SSSR count). The van der Waals surface area contributed by atoms with E-state index in [-0.39, 0.29) is 11.2 Å². The van der Waals surface area contributed by atoms with Crippen LogP contribution in [-0.2, 0) is 6.42 Å². The molecule has 0 aliphatic rings. The van der Waals surface area contributed by atoms with Crippen molar-refractivity contribution in [2.45, 2.75) is 18.7 Å². The summed E-state index contributed by atoms with van der Waals surface area (Å²) in [5.74, 6) is -0.237. The van der Waals surface area contributed by atoms with Gasteiger partial charge in [-0.1, -0.05) is 23.7 Å². The fraction of sp³-hybridized carbons (Fsp3) is 0.214. The van der Waals surface area contributed by atoms with Crippen LogP contribution in [0, 0.1) is 12.7 Å². The number of hydrogen-bond acceptors (Lipinski definition) is 1. The maximum atomic E-state index is 13.5. The van der Waals surface area contributed by atoms with Crippen molar-refractivity contribution in [3.63, 3.8) is 0 Å². The summed E-state index contributed by atoms with van der Waals surface area (Å²) in [4.78, 5) is 3.92. The Morgan fingerprint density at radius 2 is 2.11 bits per heavy atom. The van der Waals surface area contributed by atoms with Crippen LogP contribution in [0.4, 0.5) is 4.39 Å². The number of rotatable bonds is 3. The number of halogens is 3. The lowest BCUT2D eigenvalue weighted by atomic mass is 10.0. The van der Waals surface area contributed by atoms with Crippen molar-refractivity contribution >= 4 is 23.2 Å². The summed E-state index contributed by atoms with van der Waals surface area (Å²) in [7, 11) is 0. The zero-order valence-electron chi connectivity index (χ0n) is 9.83. The van der Waals surface area contributed by atoms with E-state index in [9.17, 15) is 4.39 Å². The van der Waals surface area contributed by atoms with Gasteiger partial charge in [0.25, 0.3) is 0 Å². The van der Waals surface area contributed by atoms with Crippen molar-refractivity contribution in [1.82, 2.24) is 4.98 Å². The first kappa shape index (κ1) is 13.3. The lowest BCUT2D eigenvalue weighted by Gasteiger charge is -2.11. The number of hydrogen-bond donors (Lipinski definition) is 0. The normalized spacial score (nSPS) is 12.4. The lowest BCUT2D eigenvalue weighted by molar-refractivity contribution is 0.615. The molecule has 4 heteroatoms. The third-order valence-corrected chi connectivity index (χ3v) is 3.56. The van der Waals surface area contributed by atoms with E-state index in [1.54, 1.807) is 25.4 Å². The molecular formula is C14H12Cl2FN. The molecule has 94 valence electrons. The van der Waals surface area contributed by atoms with Crippen LogP contribution < -0.4 is 0 Å². The van der Waals surface area contributed by atoms with Crippen molar-refractivity contribution in [1.29, 1.82) is 0 Å². The molecular weight excluding hydrogens is 272 g/mol. The van der Waals surface area contributed by atoms with Crippen molar-refractivity contribution in [3.05, 3.63) is 64.2 Å². The summed E-state index contributed by atoms with van der Waals surface area (Å²) >= 11 is 12.3. The average Bonchev–Trinajstić information content (AvgIpc) is 2.35. The third-order valence-electron chi connectivity index (χ3n) is 2.81. The van der Waals surface area contributed by atoms with Crippen LogP contribution in [0.25, 0.3) is 0 Å². The quantitative estimate of drug-likeness (QED) is 0.744. The van der Waals surface area contributed by atoms with E-state index >= 15 is 0 Å². The van der Waals surface area contributed by atoms with Gasteiger partial charge >= 0.3 is 0 Å². The van der Waals surface area contributed by atoms with E-state index in [4.69, 9.17) is 23.2 Å². The fourth-order valence-corrected chi connectivity index (χ4v) is 2.18. The average molecular weight is 284 g/mol. The summed E-state index contributed by atoms with van der Waals surface area (Å²) in [6.45, 7) is 1.72. The van der Waals surface area contributed by atoms with Gasteiger partial charge in [0.1, 0.15) is 5.82 Å². The molecule has 2 aromatic rings. The Hall–Kier alpha value is -1.12. The molecule has 1 unspecified atom stereocenters. The Morgan fingerprint density at radius 1 is 1.33 bits per heavy atom. The first-order chi connectivity index (χ1) is 8.58. The van der Waals surface area contributed by atoms with E-state index in [0.29, 0.717) is 17.0 Å². The highest BCUT2D eigenvalue weighted by Crippen LogP contribution is 2.28. The second-order valence-corrected chi connectivity index (χ2v) is 5.08. The maximum absolute atomic E-state index is 13.5. The number of alkyl halides is 1. The minimum atomic E-state index is -0.306. The minimum Gasteiger partial charge on any atom is -0.263 e. The van der Waals surface area contributed by atoms with Crippen molar-refractivity contribution in [2.75, 3.05) is 0 Å². The van der Waals surface area contributed by atoms with Gasteiger partial charge in [-0.25, -0.2) is 4.39 Å². The maximum Gasteiger partial charge on any atom is 0.126 e. The van der Waals surface area contributed by atoms with Crippen LogP contribution in [0.1, 0.15) is 22.1 Å². The van der Waals surface area contributed by atoms with Crippen LogP contribution in [-0.4, -0.2) is 4.98 Å². The molecule has 0 N–H and O–H groups in total. The van der Waals surface area contributed by atoms with Gasteiger partial charge < -0.3 is 0 Å². The first-order valence-electron chi connectivity index (χ1n) is 5.56. The summed E-state index contributed by atoms with van der Waals surface area (Å²) in [5.41, 5.74) is 2.28. The Bertz CT molecular complexity index is 557. The van der Waals surface area contributed by atoms with Gasteiger partial charge in [0, 0.05) is 12.4 Å². The fourth-order valence-electron chi connectivity index (χ4n) is 1.68. The van der Waals surface area contributed by atoms with E-state index in [1.807, 2.05) is 12.1 Å². The smallest absolute Gasteiger partial charge is 0.126 e. The molecule has 1 aromatic heterocycles. The van der Waals surface area contributed by atoms with Crippen LogP contribution >= 0.6 is 23.2 Å². The van der Waals surface area contributed by atoms with Crippen LogP contribution in [0.2, 0.25) is 5.02 Å². The molecule has 0 spiro atoms. The van der Waals surface area contributed by atoms with Crippen molar-refractivity contribution in [3.8, 4) is 0 Å². The molecule has 1 nitrogen and oxygen atoms in total. The third kappa shape index (κ3) is 3.01. The predicted octanol–water partition coefficient (Wildman–Crippen LogP) is 4.71. The molecule has 0 bridgehead atoms. The zero-order chi connectivity index (χ0) is 13.1. The lowest BCUT2D eigenvalue weighted by Crippen LogP contribution is -1.98. The summed E-state index contributed by atoms with van der Waals surface area (Å²) in [5, 5.41) is 0.274. The second kappa shape index (κ2) is 5.68. The highest BCUT2D eigenvalue weighted by atomic mass is 35.5. The van der Waals surface area contributed by atoms with Crippen molar-refractivity contribution in [2.24, 2.45) is 0 Å². The summed E-state index contributed by atoms with van der Waals surface area (Å²) in [6.07, 6.45) is 3.79. The SMILES string of the molecule is Cc1ccc(C(Cl)Cc2ccncc2Cl)cc1F. The van der Waals surface area contributed by atoms with Gasteiger partial charge in [0.15, 0.2) is 0 Å². The number of benzene rings is 1. The summed E-state index contributed by atoms with van der Waals surface area (Å²) < 4.78 is 13.5. The van der Waals surface area contributed by atoms with Gasteiger partial charge in [-0.3, -0.25) is 4.98 Å². The van der Waals surface area contributed by atoms with Crippen LogP contribution in [0.5, 0.6) is 0 Å². The molecule has 0 aliphatic carbocycles. The van der Waals surface area contributed by atoms with E-state index in [0.717, 1.165) is 11.1 Å². The Balaban J connectivity index is 2.19. The standard InChI is InChI=1S/C14H12Cl2FN/c1-9-2-3-10(7-14(9)17)12(15)6-11-4-5-18-8-13(11)16/h2-5,7-8,12H,6H2,1H3. The van der Waals surface area contributed by atoms with Crippen LogP contribution in [0.3, 0.4) is 0 Å². The molecule has 0 saturated heterocycles.